The minimum atomic E-state index is -5.08. The van der Waals surface area contributed by atoms with Gasteiger partial charge in [0.2, 0.25) is 11.9 Å². The highest BCUT2D eigenvalue weighted by atomic mass is 19.4. The molecule has 2 fully saturated rings. The van der Waals surface area contributed by atoms with E-state index in [4.69, 9.17) is 9.90 Å². The van der Waals surface area contributed by atoms with Crippen LogP contribution in [0.1, 0.15) is 24.0 Å². The van der Waals surface area contributed by atoms with Gasteiger partial charge < -0.3 is 14.9 Å². The van der Waals surface area contributed by atoms with Gasteiger partial charge in [0, 0.05) is 25.5 Å². The van der Waals surface area contributed by atoms with E-state index in [9.17, 15) is 18.0 Å². The summed E-state index contributed by atoms with van der Waals surface area (Å²) in [6, 6.07) is 10.7. The number of carbonyl (C=O) groups excluding carboxylic acids is 1. The molecular formula is C21H23F3N4O3. The predicted octanol–water partition coefficient (Wildman–Crippen LogP) is 2.84. The van der Waals surface area contributed by atoms with Gasteiger partial charge in [0.25, 0.3) is 0 Å². The normalized spacial score (nSPS) is 20.1. The molecular weight excluding hydrogens is 413 g/mol. The van der Waals surface area contributed by atoms with Crippen LogP contribution in [-0.4, -0.2) is 63.2 Å². The van der Waals surface area contributed by atoms with Crippen molar-refractivity contribution in [3.8, 4) is 0 Å². The molecule has 10 heteroatoms. The minimum absolute atomic E-state index is 0.238. The third kappa shape index (κ3) is 5.50. The van der Waals surface area contributed by atoms with Crippen molar-refractivity contribution in [1.29, 1.82) is 0 Å². The van der Waals surface area contributed by atoms with Crippen molar-refractivity contribution >= 4 is 17.8 Å². The maximum absolute atomic E-state index is 12.8. The molecule has 0 radical (unpaired) electrons. The van der Waals surface area contributed by atoms with Crippen molar-refractivity contribution < 1.29 is 27.9 Å². The summed E-state index contributed by atoms with van der Waals surface area (Å²) in [4.78, 5) is 34.8. The largest absolute Gasteiger partial charge is 0.490 e. The molecule has 0 aliphatic carbocycles. The number of fused-ring (bicyclic) bond motifs is 1. The van der Waals surface area contributed by atoms with Crippen molar-refractivity contribution in [1.82, 2.24) is 14.9 Å². The highest BCUT2D eigenvalue weighted by molar-refractivity contribution is 5.79. The number of benzene rings is 1. The second-order valence-corrected chi connectivity index (χ2v) is 7.51. The lowest BCUT2D eigenvalue weighted by Gasteiger charge is -2.25. The number of likely N-dealkylation sites (tertiary alicyclic amines) is 1. The fourth-order valence-corrected chi connectivity index (χ4v) is 3.97. The first-order chi connectivity index (χ1) is 14.7. The van der Waals surface area contributed by atoms with Crippen molar-refractivity contribution in [2.75, 3.05) is 18.0 Å². The monoisotopic (exact) mass is 436 g/mol. The molecule has 4 rings (SSSR count). The summed E-state index contributed by atoms with van der Waals surface area (Å²) in [7, 11) is 0. The number of hydrogen-bond acceptors (Lipinski definition) is 5. The van der Waals surface area contributed by atoms with E-state index in [-0.39, 0.29) is 5.91 Å². The van der Waals surface area contributed by atoms with Gasteiger partial charge in [0.05, 0.1) is 18.5 Å². The molecule has 0 spiro atoms. The van der Waals surface area contributed by atoms with Crippen LogP contribution in [0.4, 0.5) is 19.1 Å². The number of halogens is 3. The number of carboxylic acids is 1. The predicted molar refractivity (Wildman–Crippen MR) is 106 cm³/mol. The van der Waals surface area contributed by atoms with Crippen LogP contribution in [0.3, 0.4) is 0 Å². The summed E-state index contributed by atoms with van der Waals surface area (Å²) < 4.78 is 31.7. The minimum Gasteiger partial charge on any atom is -0.475 e. The zero-order valence-electron chi connectivity index (χ0n) is 16.9. The van der Waals surface area contributed by atoms with Crippen LogP contribution in [0, 0.1) is 6.92 Å². The maximum atomic E-state index is 12.8. The molecule has 0 saturated carbocycles. The number of hydrogen-bond donors (Lipinski definition) is 1. The molecule has 2 atom stereocenters. The van der Waals surface area contributed by atoms with Gasteiger partial charge in [-0.1, -0.05) is 29.8 Å². The highest BCUT2D eigenvalue weighted by Crippen LogP contribution is 2.33. The summed E-state index contributed by atoms with van der Waals surface area (Å²) in [6.45, 7) is 3.83. The number of aromatic nitrogens is 2. The summed E-state index contributed by atoms with van der Waals surface area (Å²) in [5.74, 6) is -1.73. The molecule has 2 saturated heterocycles. The van der Waals surface area contributed by atoms with Gasteiger partial charge in [-0.25, -0.2) is 14.8 Å². The quantitative estimate of drug-likeness (QED) is 0.796. The maximum Gasteiger partial charge on any atom is 0.490 e. The fourth-order valence-electron chi connectivity index (χ4n) is 3.97. The van der Waals surface area contributed by atoms with Gasteiger partial charge in [-0.2, -0.15) is 13.2 Å². The van der Waals surface area contributed by atoms with Crippen LogP contribution in [0.15, 0.2) is 42.7 Å². The Morgan fingerprint density at radius 1 is 1.06 bits per heavy atom. The van der Waals surface area contributed by atoms with Crippen molar-refractivity contribution in [3.63, 3.8) is 0 Å². The van der Waals surface area contributed by atoms with E-state index in [1.54, 1.807) is 12.4 Å². The average molecular weight is 436 g/mol. The molecule has 1 aromatic carbocycles. The lowest BCUT2D eigenvalue weighted by molar-refractivity contribution is -0.192. The van der Waals surface area contributed by atoms with Crippen molar-refractivity contribution in [3.05, 3.63) is 53.9 Å². The van der Waals surface area contributed by atoms with Crippen molar-refractivity contribution in [2.24, 2.45) is 0 Å². The number of carbonyl (C=O) groups is 2. The van der Waals surface area contributed by atoms with Gasteiger partial charge in [-0.3, -0.25) is 4.79 Å². The molecule has 0 bridgehead atoms. The Bertz CT molecular complexity index is 906. The molecule has 7 nitrogen and oxygen atoms in total. The second kappa shape index (κ2) is 9.32. The van der Waals surface area contributed by atoms with Gasteiger partial charge in [-0.15, -0.1) is 0 Å². The van der Waals surface area contributed by atoms with E-state index < -0.39 is 12.1 Å². The topological polar surface area (TPSA) is 86.6 Å². The number of nitrogens with zero attached hydrogens (tertiary/aromatic N) is 4. The van der Waals surface area contributed by atoms with Gasteiger partial charge in [0.1, 0.15) is 0 Å². The van der Waals surface area contributed by atoms with Crippen LogP contribution >= 0.6 is 0 Å². The van der Waals surface area contributed by atoms with E-state index in [1.165, 1.54) is 5.56 Å². The van der Waals surface area contributed by atoms with Crippen LogP contribution in [0.5, 0.6) is 0 Å². The lowest BCUT2D eigenvalue weighted by atomic mass is 10.1. The molecule has 31 heavy (non-hydrogen) atoms. The summed E-state index contributed by atoms with van der Waals surface area (Å²) >= 11 is 0. The van der Waals surface area contributed by atoms with E-state index in [0.29, 0.717) is 18.5 Å². The standard InChI is InChI=1S/C19H22N4O.C2HF3O2/c1-14-3-5-15(6-4-14)13-18(24)22-11-7-17-16(22)8-12-23(17)19-20-9-2-10-21-19;3-2(4,5)1(6)7/h2-6,9-10,16-17H,7-8,11-13H2,1H3;(H,6,7)/t16-,17+;/m1./s1. The Balaban J connectivity index is 0.000000339. The highest BCUT2D eigenvalue weighted by Gasteiger charge is 2.45. The Hall–Kier alpha value is -3.17. The first-order valence-electron chi connectivity index (χ1n) is 9.85. The molecule has 2 aliphatic heterocycles. The molecule has 2 aliphatic rings. The fraction of sp³-hybridized carbons (Fsp3) is 0.429. The SMILES string of the molecule is Cc1ccc(CC(=O)N2CC[C@H]3[C@H]2CCN3c2ncccn2)cc1.O=C(O)C(F)(F)F. The molecule has 3 heterocycles. The van der Waals surface area contributed by atoms with Crippen LogP contribution in [0.2, 0.25) is 0 Å². The summed E-state index contributed by atoms with van der Waals surface area (Å²) in [5, 5.41) is 7.12. The first kappa shape index (κ1) is 22.5. The zero-order valence-corrected chi connectivity index (χ0v) is 16.9. The van der Waals surface area contributed by atoms with Crippen LogP contribution in [-0.2, 0) is 16.0 Å². The Morgan fingerprint density at radius 3 is 2.23 bits per heavy atom. The molecule has 2 aromatic rings. The number of carboxylic acid groups (broad SMARTS) is 1. The van der Waals surface area contributed by atoms with E-state index >= 15 is 0 Å². The van der Waals surface area contributed by atoms with E-state index in [1.807, 2.05) is 6.07 Å². The average Bonchev–Trinajstić information content (AvgIpc) is 3.32. The summed E-state index contributed by atoms with van der Waals surface area (Å²) in [6.07, 6.45) is 0.978. The van der Waals surface area contributed by atoms with Gasteiger partial charge in [-0.05, 0) is 31.4 Å². The van der Waals surface area contributed by atoms with E-state index in [0.717, 1.165) is 37.4 Å². The Kier molecular flexibility index (Phi) is 6.77. The molecule has 0 unspecified atom stereocenters. The third-order valence-corrected chi connectivity index (χ3v) is 5.42. The molecule has 1 amide bonds. The Labute approximate surface area is 177 Å². The second-order valence-electron chi connectivity index (χ2n) is 7.51. The number of anilines is 1. The molecule has 1 aromatic heterocycles. The molecule has 1 N–H and O–H groups in total. The zero-order chi connectivity index (χ0) is 22.6. The first-order valence-corrected chi connectivity index (χ1v) is 9.85. The Morgan fingerprint density at radius 2 is 1.65 bits per heavy atom. The van der Waals surface area contributed by atoms with Crippen LogP contribution in [0.25, 0.3) is 0 Å². The number of aliphatic carboxylic acids is 1. The lowest BCUT2D eigenvalue weighted by Crippen LogP contribution is -2.40. The van der Waals surface area contributed by atoms with Crippen molar-refractivity contribution in [2.45, 2.75) is 44.4 Å². The smallest absolute Gasteiger partial charge is 0.475 e. The van der Waals surface area contributed by atoms with E-state index in [2.05, 4.69) is 51.0 Å². The van der Waals surface area contributed by atoms with Gasteiger partial charge in [0.15, 0.2) is 0 Å². The number of alkyl halides is 3. The van der Waals surface area contributed by atoms with Gasteiger partial charge >= 0.3 is 12.1 Å². The number of rotatable bonds is 3. The van der Waals surface area contributed by atoms with Crippen LogP contribution < -0.4 is 4.90 Å². The molecule has 166 valence electrons. The number of amides is 1. The number of aryl methyl sites for hydroxylation is 1. The third-order valence-electron chi connectivity index (χ3n) is 5.42. The summed E-state index contributed by atoms with van der Waals surface area (Å²) in [5.41, 5.74) is 2.32.